The number of alkyl halides is 1. The molecule has 0 bridgehead atoms. The van der Waals surface area contributed by atoms with Crippen LogP contribution in [0, 0.1) is 0 Å². The van der Waals surface area contributed by atoms with Crippen molar-refractivity contribution in [2.45, 2.75) is 25.7 Å². The summed E-state index contributed by atoms with van der Waals surface area (Å²) < 4.78 is 1.14. The Kier molecular flexibility index (Phi) is 3.99. The van der Waals surface area contributed by atoms with Crippen LogP contribution >= 0.6 is 31.9 Å². The third-order valence-electron chi connectivity index (χ3n) is 2.35. The van der Waals surface area contributed by atoms with Gasteiger partial charge in [0.2, 0.25) is 0 Å². The molecule has 0 unspecified atom stereocenters. The van der Waals surface area contributed by atoms with E-state index in [2.05, 4.69) is 70.0 Å². The minimum Gasteiger partial charge on any atom is -0.0928 e. The van der Waals surface area contributed by atoms with Gasteiger partial charge in [-0.1, -0.05) is 57.8 Å². The van der Waals surface area contributed by atoms with Crippen molar-refractivity contribution >= 4 is 31.9 Å². The third kappa shape index (κ3) is 3.10. The third-order valence-corrected chi connectivity index (χ3v) is 3.27. The summed E-state index contributed by atoms with van der Waals surface area (Å²) in [7, 11) is 0. The lowest BCUT2D eigenvalue weighted by molar-refractivity contribution is 0.512. The number of hydrogen-bond acceptors (Lipinski definition) is 0. The molecule has 72 valence electrons. The molecule has 0 fully saturated rings. The van der Waals surface area contributed by atoms with E-state index in [4.69, 9.17) is 0 Å². The highest BCUT2D eigenvalue weighted by atomic mass is 79.9. The van der Waals surface area contributed by atoms with Crippen molar-refractivity contribution in [3.63, 3.8) is 0 Å². The van der Waals surface area contributed by atoms with E-state index in [0.29, 0.717) is 0 Å². The molecule has 0 aromatic heterocycles. The van der Waals surface area contributed by atoms with Gasteiger partial charge in [0.25, 0.3) is 0 Å². The van der Waals surface area contributed by atoms with E-state index in [1.807, 2.05) is 0 Å². The molecule has 1 aromatic carbocycles. The molecule has 0 nitrogen and oxygen atoms in total. The first-order valence-electron chi connectivity index (χ1n) is 4.38. The van der Waals surface area contributed by atoms with Crippen molar-refractivity contribution in [1.29, 1.82) is 0 Å². The fraction of sp³-hybridized carbons (Fsp3) is 0.455. The summed E-state index contributed by atoms with van der Waals surface area (Å²) >= 11 is 6.93. The average molecular weight is 306 g/mol. The zero-order valence-corrected chi connectivity index (χ0v) is 11.2. The van der Waals surface area contributed by atoms with Crippen LogP contribution in [-0.4, -0.2) is 5.33 Å². The molecule has 1 aromatic rings. The summed E-state index contributed by atoms with van der Waals surface area (Å²) in [6.07, 6.45) is 1.16. The van der Waals surface area contributed by atoms with Crippen LogP contribution in [0.4, 0.5) is 0 Å². The second kappa shape index (κ2) is 4.61. The predicted molar refractivity (Wildman–Crippen MR) is 65.6 cm³/mol. The summed E-state index contributed by atoms with van der Waals surface area (Å²) in [6.45, 7) is 4.55. The van der Waals surface area contributed by atoms with Crippen molar-refractivity contribution in [3.8, 4) is 0 Å². The molecule has 2 heteroatoms. The monoisotopic (exact) mass is 304 g/mol. The largest absolute Gasteiger partial charge is 0.0928 e. The zero-order chi connectivity index (χ0) is 9.90. The van der Waals surface area contributed by atoms with Gasteiger partial charge in [-0.15, -0.1) is 0 Å². The predicted octanol–water partition coefficient (Wildman–Crippen LogP) is 4.51. The maximum absolute atomic E-state index is 3.49. The Hall–Kier alpha value is 0.180. The molecular formula is C11H14Br2. The molecule has 0 atom stereocenters. The van der Waals surface area contributed by atoms with E-state index in [1.165, 1.54) is 5.56 Å². The van der Waals surface area contributed by atoms with Crippen LogP contribution in [0.1, 0.15) is 25.8 Å². The normalized spacial score (nSPS) is 11.7. The van der Waals surface area contributed by atoms with Crippen molar-refractivity contribution in [2.24, 2.45) is 0 Å². The van der Waals surface area contributed by atoms with Gasteiger partial charge in [0.1, 0.15) is 0 Å². The number of halogens is 2. The fourth-order valence-electron chi connectivity index (χ4n) is 1.28. The van der Waals surface area contributed by atoms with Crippen molar-refractivity contribution < 1.29 is 0 Å². The number of benzene rings is 1. The van der Waals surface area contributed by atoms with Crippen molar-refractivity contribution in [3.05, 3.63) is 34.3 Å². The maximum Gasteiger partial charge on any atom is 0.0175 e. The minimum absolute atomic E-state index is 0.268. The molecule has 0 aliphatic carbocycles. The highest BCUT2D eigenvalue weighted by molar-refractivity contribution is 9.10. The topological polar surface area (TPSA) is 0 Å². The number of rotatable bonds is 3. The van der Waals surface area contributed by atoms with Crippen LogP contribution in [-0.2, 0) is 5.41 Å². The molecule has 13 heavy (non-hydrogen) atoms. The first-order valence-corrected chi connectivity index (χ1v) is 6.30. The minimum atomic E-state index is 0.268. The molecule has 0 aliphatic heterocycles. The standard InChI is InChI=1S/C11H14Br2/c1-11(2,7-8-12)9-3-5-10(13)6-4-9/h3-6H,7-8H2,1-2H3. The molecule has 0 saturated carbocycles. The summed E-state index contributed by atoms with van der Waals surface area (Å²) in [5.74, 6) is 0. The lowest BCUT2D eigenvalue weighted by Crippen LogP contribution is -2.17. The van der Waals surface area contributed by atoms with Crippen LogP contribution in [0.25, 0.3) is 0 Å². The second-order valence-electron chi connectivity index (χ2n) is 3.83. The Bertz CT molecular complexity index is 262. The summed E-state index contributed by atoms with van der Waals surface area (Å²) in [5, 5.41) is 1.05. The quantitative estimate of drug-likeness (QED) is 0.721. The highest BCUT2D eigenvalue weighted by Gasteiger charge is 2.18. The average Bonchev–Trinajstić information content (AvgIpc) is 2.05. The Morgan fingerprint density at radius 3 is 2.15 bits per heavy atom. The molecule has 0 radical (unpaired) electrons. The highest BCUT2D eigenvalue weighted by Crippen LogP contribution is 2.28. The van der Waals surface area contributed by atoms with Gasteiger partial charge in [-0.25, -0.2) is 0 Å². The van der Waals surface area contributed by atoms with E-state index in [0.717, 1.165) is 16.2 Å². The summed E-state index contributed by atoms with van der Waals surface area (Å²) in [6, 6.07) is 8.58. The Morgan fingerprint density at radius 1 is 1.15 bits per heavy atom. The molecule has 0 spiro atoms. The Morgan fingerprint density at radius 2 is 1.69 bits per heavy atom. The van der Waals surface area contributed by atoms with Crippen LogP contribution in [0.15, 0.2) is 28.7 Å². The molecule has 0 saturated heterocycles. The first-order chi connectivity index (χ1) is 6.06. The fourth-order valence-corrected chi connectivity index (χ4v) is 2.54. The molecule has 0 N–H and O–H groups in total. The van der Waals surface area contributed by atoms with E-state index < -0.39 is 0 Å². The smallest absolute Gasteiger partial charge is 0.0175 e. The summed E-state index contributed by atoms with van der Waals surface area (Å²) in [5.41, 5.74) is 1.67. The van der Waals surface area contributed by atoms with Gasteiger partial charge in [-0.2, -0.15) is 0 Å². The Labute approximate surface area is 97.0 Å². The second-order valence-corrected chi connectivity index (χ2v) is 5.54. The molecular weight excluding hydrogens is 292 g/mol. The van der Waals surface area contributed by atoms with Crippen LogP contribution in [0.5, 0.6) is 0 Å². The van der Waals surface area contributed by atoms with E-state index in [9.17, 15) is 0 Å². The van der Waals surface area contributed by atoms with E-state index >= 15 is 0 Å². The van der Waals surface area contributed by atoms with Crippen LogP contribution < -0.4 is 0 Å². The molecule has 0 aliphatic rings. The van der Waals surface area contributed by atoms with E-state index in [1.54, 1.807) is 0 Å². The van der Waals surface area contributed by atoms with Gasteiger partial charge in [0.05, 0.1) is 0 Å². The van der Waals surface area contributed by atoms with Gasteiger partial charge in [-0.05, 0) is 29.5 Å². The van der Waals surface area contributed by atoms with Crippen molar-refractivity contribution in [1.82, 2.24) is 0 Å². The van der Waals surface area contributed by atoms with Crippen LogP contribution in [0.2, 0.25) is 0 Å². The maximum atomic E-state index is 3.49. The lowest BCUT2D eigenvalue weighted by Gasteiger charge is -2.24. The van der Waals surface area contributed by atoms with Crippen LogP contribution in [0.3, 0.4) is 0 Å². The van der Waals surface area contributed by atoms with Gasteiger partial charge in [-0.3, -0.25) is 0 Å². The molecule has 1 rings (SSSR count). The van der Waals surface area contributed by atoms with E-state index in [-0.39, 0.29) is 5.41 Å². The first kappa shape index (κ1) is 11.3. The van der Waals surface area contributed by atoms with Gasteiger partial charge < -0.3 is 0 Å². The molecule has 0 heterocycles. The van der Waals surface area contributed by atoms with Gasteiger partial charge >= 0.3 is 0 Å². The van der Waals surface area contributed by atoms with Crippen molar-refractivity contribution in [2.75, 3.05) is 5.33 Å². The zero-order valence-electron chi connectivity index (χ0n) is 7.98. The number of hydrogen-bond donors (Lipinski definition) is 0. The Balaban J connectivity index is 2.87. The lowest BCUT2D eigenvalue weighted by atomic mass is 9.82. The van der Waals surface area contributed by atoms with Gasteiger partial charge in [0.15, 0.2) is 0 Å². The molecule has 0 amide bonds. The van der Waals surface area contributed by atoms with Gasteiger partial charge in [0, 0.05) is 9.80 Å². The SMILES string of the molecule is CC(C)(CCBr)c1ccc(Br)cc1. The summed E-state index contributed by atoms with van der Waals surface area (Å²) in [4.78, 5) is 0.